The van der Waals surface area contributed by atoms with Gasteiger partial charge in [-0.05, 0) is 37.0 Å². The Morgan fingerprint density at radius 1 is 1.12 bits per heavy atom. The fraction of sp³-hybridized carbons (Fsp3) is 0.263. The summed E-state index contributed by atoms with van der Waals surface area (Å²) in [6.45, 7) is 0.635. The van der Waals surface area contributed by atoms with Crippen molar-refractivity contribution in [3.8, 4) is 11.3 Å². The zero-order chi connectivity index (χ0) is 17.6. The Hall–Kier alpha value is -2.47. The molecule has 0 N–H and O–H groups in total. The Kier molecular flexibility index (Phi) is 3.72. The Morgan fingerprint density at radius 2 is 1.84 bits per heavy atom. The van der Waals surface area contributed by atoms with Gasteiger partial charge in [-0.3, -0.25) is 4.57 Å². The van der Waals surface area contributed by atoms with Gasteiger partial charge in [-0.1, -0.05) is 30.3 Å². The van der Waals surface area contributed by atoms with Crippen molar-refractivity contribution in [3.05, 3.63) is 59.0 Å². The number of aromatic nitrogens is 2. The molecule has 1 aliphatic carbocycles. The summed E-state index contributed by atoms with van der Waals surface area (Å²) >= 11 is 0. The first kappa shape index (κ1) is 16.0. The topological polar surface area (TPSA) is 69.0 Å². The highest BCUT2D eigenvalue weighted by Gasteiger charge is 2.24. The molecule has 0 amide bonds. The molecule has 1 saturated carbocycles. The van der Waals surface area contributed by atoms with Crippen molar-refractivity contribution in [2.24, 2.45) is 5.92 Å². The second-order valence-corrected chi connectivity index (χ2v) is 8.63. The second-order valence-electron chi connectivity index (χ2n) is 6.61. The number of nitrogens with zero attached hydrogens (tertiary/aromatic N) is 2. The van der Waals surface area contributed by atoms with Gasteiger partial charge in [-0.15, -0.1) is 0 Å². The average molecular weight is 354 g/mol. The van der Waals surface area contributed by atoms with Crippen molar-refractivity contribution in [3.63, 3.8) is 0 Å². The van der Waals surface area contributed by atoms with E-state index in [0.717, 1.165) is 23.9 Å². The monoisotopic (exact) mass is 354 g/mol. The minimum Gasteiger partial charge on any atom is -0.292 e. The van der Waals surface area contributed by atoms with Gasteiger partial charge in [0.15, 0.2) is 9.84 Å². The number of fused-ring (bicyclic) bond motifs is 1. The highest BCUT2D eigenvalue weighted by molar-refractivity contribution is 7.90. The van der Waals surface area contributed by atoms with E-state index in [4.69, 9.17) is 0 Å². The molecule has 4 rings (SSSR count). The second kappa shape index (κ2) is 5.81. The zero-order valence-electron chi connectivity index (χ0n) is 13.8. The molecule has 0 unspecified atom stereocenters. The van der Waals surface area contributed by atoms with E-state index in [1.54, 1.807) is 22.8 Å². The molecule has 6 heteroatoms. The van der Waals surface area contributed by atoms with E-state index in [-0.39, 0.29) is 10.6 Å². The number of hydrogen-bond donors (Lipinski definition) is 0. The van der Waals surface area contributed by atoms with E-state index in [9.17, 15) is 13.2 Å². The molecule has 0 bridgehead atoms. The highest BCUT2D eigenvalue weighted by atomic mass is 32.2. The summed E-state index contributed by atoms with van der Waals surface area (Å²) < 4.78 is 25.6. The minimum absolute atomic E-state index is 0.232. The van der Waals surface area contributed by atoms with Crippen molar-refractivity contribution in [2.75, 3.05) is 6.26 Å². The molecule has 2 aromatic carbocycles. The first-order valence-corrected chi connectivity index (χ1v) is 10.1. The van der Waals surface area contributed by atoms with Crippen LogP contribution in [0.2, 0.25) is 0 Å². The molecule has 25 heavy (non-hydrogen) atoms. The summed E-state index contributed by atoms with van der Waals surface area (Å²) in [6, 6.07) is 14.3. The van der Waals surface area contributed by atoms with E-state index in [0.29, 0.717) is 23.5 Å². The third-order valence-electron chi connectivity index (χ3n) is 4.57. The Bertz CT molecular complexity index is 1110. The van der Waals surface area contributed by atoms with Crippen molar-refractivity contribution in [1.82, 2.24) is 9.55 Å². The quantitative estimate of drug-likeness (QED) is 0.722. The molecule has 0 radical (unpaired) electrons. The lowest BCUT2D eigenvalue weighted by Gasteiger charge is -2.13. The molecular weight excluding hydrogens is 336 g/mol. The van der Waals surface area contributed by atoms with Gasteiger partial charge in [0, 0.05) is 23.8 Å². The molecule has 0 atom stereocenters. The number of hydrogen-bond acceptors (Lipinski definition) is 4. The molecule has 1 aliphatic rings. The van der Waals surface area contributed by atoms with Crippen molar-refractivity contribution in [2.45, 2.75) is 24.3 Å². The summed E-state index contributed by atoms with van der Waals surface area (Å²) in [5.74, 6) is 0.514. The number of rotatable bonds is 4. The average Bonchev–Trinajstić information content (AvgIpc) is 3.41. The standard InChI is InChI=1S/C19H18N2O3S/c1-25(23,24)15-9-10-17-16(11-15)18(14-5-3-2-4-6-14)20-19(22)21(17)12-13-7-8-13/h2-6,9-11,13H,7-8,12H2,1H3. The lowest BCUT2D eigenvalue weighted by Crippen LogP contribution is -2.25. The van der Waals surface area contributed by atoms with Crippen LogP contribution in [-0.2, 0) is 16.4 Å². The number of sulfone groups is 1. The molecule has 128 valence electrons. The van der Waals surface area contributed by atoms with Crippen molar-refractivity contribution < 1.29 is 8.42 Å². The third kappa shape index (κ3) is 3.09. The first-order chi connectivity index (χ1) is 11.9. The van der Waals surface area contributed by atoms with Gasteiger partial charge in [-0.25, -0.2) is 13.2 Å². The zero-order valence-corrected chi connectivity index (χ0v) is 14.7. The molecular formula is C19H18N2O3S. The third-order valence-corrected chi connectivity index (χ3v) is 5.68. The molecule has 0 spiro atoms. The van der Waals surface area contributed by atoms with Crippen LogP contribution in [0.3, 0.4) is 0 Å². The van der Waals surface area contributed by atoms with Crippen LogP contribution in [-0.4, -0.2) is 24.2 Å². The smallest absolute Gasteiger partial charge is 0.292 e. The van der Waals surface area contributed by atoms with Crippen LogP contribution in [0.1, 0.15) is 12.8 Å². The van der Waals surface area contributed by atoms with Gasteiger partial charge in [0.1, 0.15) is 0 Å². The van der Waals surface area contributed by atoms with Gasteiger partial charge < -0.3 is 0 Å². The fourth-order valence-electron chi connectivity index (χ4n) is 3.04. The van der Waals surface area contributed by atoms with Crippen molar-refractivity contribution in [1.29, 1.82) is 0 Å². The largest absolute Gasteiger partial charge is 0.348 e. The fourth-order valence-corrected chi connectivity index (χ4v) is 3.69. The summed E-state index contributed by atoms with van der Waals surface area (Å²) in [4.78, 5) is 17.1. The normalized spacial score (nSPS) is 14.8. The van der Waals surface area contributed by atoms with Crippen LogP contribution in [0.15, 0.2) is 58.2 Å². The lowest BCUT2D eigenvalue weighted by atomic mass is 10.1. The predicted octanol–water partition coefficient (Wildman–Crippen LogP) is 2.88. The van der Waals surface area contributed by atoms with Crippen molar-refractivity contribution >= 4 is 20.7 Å². The van der Waals surface area contributed by atoms with Crippen LogP contribution in [0.4, 0.5) is 0 Å². The summed E-state index contributed by atoms with van der Waals surface area (Å²) in [5.41, 5.74) is 1.77. The summed E-state index contributed by atoms with van der Waals surface area (Å²) in [6.07, 6.45) is 3.43. The molecule has 0 saturated heterocycles. The highest BCUT2D eigenvalue weighted by Crippen LogP contribution is 2.33. The maximum atomic E-state index is 12.6. The van der Waals surface area contributed by atoms with Gasteiger partial charge >= 0.3 is 5.69 Å². The molecule has 1 fully saturated rings. The van der Waals surface area contributed by atoms with E-state index in [1.165, 1.54) is 6.26 Å². The van der Waals surface area contributed by atoms with Crippen LogP contribution < -0.4 is 5.69 Å². The van der Waals surface area contributed by atoms with Gasteiger partial charge in [0.2, 0.25) is 0 Å². The predicted molar refractivity (Wildman–Crippen MR) is 97.3 cm³/mol. The van der Waals surface area contributed by atoms with Gasteiger partial charge in [0.05, 0.1) is 16.1 Å². The maximum Gasteiger partial charge on any atom is 0.348 e. The summed E-state index contributed by atoms with van der Waals surface area (Å²) in [5, 5.41) is 0.689. The Morgan fingerprint density at radius 3 is 2.48 bits per heavy atom. The molecule has 1 aromatic heterocycles. The van der Waals surface area contributed by atoms with E-state index in [2.05, 4.69) is 4.98 Å². The van der Waals surface area contributed by atoms with E-state index in [1.807, 2.05) is 30.3 Å². The van der Waals surface area contributed by atoms with E-state index >= 15 is 0 Å². The van der Waals surface area contributed by atoms with Gasteiger partial charge in [0.25, 0.3) is 0 Å². The Balaban J connectivity index is 2.05. The number of benzene rings is 2. The van der Waals surface area contributed by atoms with Gasteiger partial charge in [-0.2, -0.15) is 4.98 Å². The van der Waals surface area contributed by atoms with Crippen LogP contribution >= 0.6 is 0 Å². The molecule has 1 heterocycles. The Labute approximate surface area is 145 Å². The van der Waals surface area contributed by atoms with E-state index < -0.39 is 9.84 Å². The van der Waals surface area contributed by atoms with Crippen LogP contribution in [0.5, 0.6) is 0 Å². The van der Waals surface area contributed by atoms with Crippen LogP contribution in [0.25, 0.3) is 22.2 Å². The molecule has 0 aliphatic heterocycles. The lowest BCUT2D eigenvalue weighted by molar-refractivity contribution is 0.601. The SMILES string of the molecule is CS(=O)(=O)c1ccc2c(c1)c(-c1ccccc1)nc(=O)n2CC1CC1. The first-order valence-electron chi connectivity index (χ1n) is 8.23. The maximum absolute atomic E-state index is 12.6. The summed E-state index contributed by atoms with van der Waals surface area (Å²) in [7, 11) is -3.34. The van der Waals surface area contributed by atoms with Crippen LogP contribution in [0, 0.1) is 5.92 Å². The molecule has 3 aromatic rings. The molecule has 5 nitrogen and oxygen atoms in total. The minimum atomic E-state index is -3.34.